The van der Waals surface area contributed by atoms with Crippen LogP contribution in [0.1, 0.15) is 0 Å². The molecule has 31 heteroatoms. The van der Waals surface area contributed by atoms with Crippen molar-refractivity contribution < 1.29 is 285 Å². The summed E-state index contributed by atoms with van der Waals surface area (Å²) in [6, 6.07) is 0. The molecule has 0 unspecified atom stereocenters. The van der Waals surface area contributed by atoms with E-state index in [1.54, 1.807) is 0 Å². The number of halogens is 1. The maximum atomic E-state index is 10.3. The summed E-state index contributed by atoms with van der Waals surface area (Å²) in [4.78, 5) is 76.9. The summed E-state index contributed by atoms with van der Waals surface area (Å²) < 4.78 is 39.9. The van der Waals surface area contributed by atoms with Crippen molar-refractivity contribution in [1.29, 1.82) is 0 Å². The van der Waals surface area contributed by atoms with Gasteiger partial charge in [-0.2, -0.15) is 0 Å². The Morgan fingerprint density at radius 3 is 1.12 bits per heavy atom. The second-order valence-electron chi connectivity index (χ2n) is 5.41. The summed E-state index contributed by atoms with van der Waals surface area (Å²) in [6.45, 7) is -0.461. The predicted octanol–water partition coefficient (Wildman–Crippen LogP) is -28.4. The van der Waals surface area contributed by atoms with Gasteiger partial charge < -0.3 is 84.7 Å². The summed E-state index contributed by atoms with van der Waals surface area (Å²) in [5.41, 5.74) is 4.19. The Morgan fingerprint density at radius 2 is 0.976 bits per heavy atom. The van der Waals surface area contributed by atoms with E-state index in [9.17, 15) is 47.6 Å². The van der Waals surface area contributed by atoms with Gasteiger partial charge in [0.25, 0.3) is 0 Å². The zero-order valence-electron chi connectivity index (χ0n) is 24.5. The summed E-state index contributed by atoms with van der Waals surface area (Å²) in [6.07, 6.45) is -2.75. The van der Waals surface area contributed by atoms with Gasteiger partial charge in [-0.1, -0.05) is 22.8 Å². The van der Waals surface area contributed by atoms with E-state index in [1.807, 2.05) is 0 Å². The van der Waals surface area contributed by atoms with Crippen LogP contribution in [0.15, 0.2) is 0 Å². The van der Waals surface area contributed by atoms with Crippen molar-refractivity contribution in [2.45, 2.75) is 0 Å². The maximum absolute atomic E-state index is 10.3. The number of nitrogens with one attached hydrogen (secondary N) is 1. The average Bonchev–Trinajstić information content (AvgIpc) is 2.59. The fourth-order valence-electron chi connectivity index (χ4n) is 1.11. The van der Waals surface area contributed by atoms with Gasteiger partial charge in [0.15, 0.2) is 0 Å². The topological polar surface area (TPSA) is 379 Å². The zero-order valence-corrected chi connectivity index (χ0v) is 42.9. The molecule has 214 valence electrons. The molecule has 0 spiro atoms. The van der Waals surface area contributed by atoms with Gasteiger partial charge in [-0.3, -0.25) is 9.46 Å². The van der Waals surface area contributed by atoms with Crippen molar-refractivity contribution >= 4 is 42.0 Å². The Kier molecular flexibility index (Phi) is 99.7. The van der Waals surface area contributed by atoms with Crippen molar-refractivity contribution in [2.24, 2.45) is 5.73 Å². The maximum Gasteiger partial charge on any atom is 1.00 e. The fraction of sp³-hybridized carbons (Fsp3) is 1.00. The first kappa shape index (κ1) is 82.2. The number of rotatable bonds is 12. The number of nitrogens with zero attached hydrogens (tertiary/aromatic N) is 1. The van der Waals surface area contributed by atoms with Crippen LogP contribution >= 0.6 is 42.0 Å². The van der Waals surface area contributed by atoms with E-state index in [0.717, 1.165) is 0 Å². The van der Waals surface area contributed by atoms with E-state index in [-0.39, 0.29) is 239 Å². The molecule has 0 bridgehead atoms. The monoisotopic (exact) mass is 767 g/mol. The van der Waals surface area contributed by atoms with Gasteiger partial charge >= 0.3 is 214 Å². The molecule has 0 aliphatic carbocycles. The summed E-state index contributed by atoms with van der Waals surface area (Å²) >= 11 is 4.71. The number of aliphatic hydroxyl groups is 3. The second-order valence-corrected chi connectivity index (χ2v) is 12.2. The number of aliphatic hydroxyl groups excluding tert-OH is 3. The van der Waals surface area contributed by atoms with Crippen molar-refractivity contribution in [3.8, 4) is 0 Å². The van der Waals surface area contributed by atoms with E-state index >= 15 is 0 Å². The third-order valence-corrected chi connectivity index (χ3v) is 5.39. The normalized spacial score (nSPS) is 9.71. The van der Waals surface area contributed by atoms with E-state index in [4.69, 9.17) is 42.4 Å². The van der Waals surface area contributed by atoms with E-state index < -0.39 is 61.5 Å². The summed E-state index contributed by atoms with van der Waals surface area (Å²) in [5.74, 6) is 0. The molecule has 0 amide bonds. The quantitative estimate of drug-likeness (QED) is 0.0419. The van der Waals surface area contributed by atoms with Crippen LogP contribution in [-0.2, 0) is 18.3 Å². The fourth-order valence-corrected chi connectivity index (χ4v) is 3.16. The minimum Gasteiger partial charge on any atom is -0.870 e. The Bertz CT molecular complexity index is 638. The van der Waals surface area contributed by atoms with Gasteiger partial charge in [-0.15, -0.1) is 11.6 Å². The third-order valence-electron chi connectivity index (χ3n) is 2.04. The molecular weight excluding hydrogens is 738 g/mol. The smallest absolute Gasteiger partial charge is 0.870 e. The minimum atomic E-state index is -4.92. The van der Waals surface area contributed by atoms with Crippen LogP contribution in [0.3, 0.4) is 0 Å². The average molecular weight is 768 g/mol. The van der Waals surface area contributed by atoms with Crippen LogP contribution in [0.2, 0.25) is 0 Å². The molecule has 19 nitrogen and oxygen atoms in total. The standard InChI is InChI=1S/C4H13NO7P2.C3H10NO4P.C2H7NO.CH4ClO3P.7Na.H2O/c6-2-1-5(3-13(7,8)9)4-14(10,11)12;5-2-1-4-3-9(6,7)8;3-1-2-4;2-1-6(3,4)5;;;;;;;;/h6H,1-4H2,(H2,7,8,9)(H2,10,11,12);4-5H,1-3H2,(H2,6,7,8);4H,1-3H2;1H2,(H2,3,4,5);;;;;;;;1H2/q;;;;7*+1;/p-7. The first-order valence-corrected chi connectivity index (χ1v) is 15.8. The van der Waals surface area contributed by atoms with E-state index in [0.29, 0.717) is 11.4 Å². The van der Waals surface area contributed by atoms with Gasteiger partial charge in [0.2, 0.25) is 0 Å². The molecule has 0 saturated heterocycles. The molecule has 0 aliphatic heterocycles. The molecule has 0 aliphatic rings. The number of hydrogen-bond acceptors (Lipinski definition) is 17. The van der Waals surface area contributed by atoms with Gasteiger partial charge in [0.05, 0.1) is 19.8 Å². The van der Waals surface area contributed by atoms with Crippen molar-refractivity contribution in [3.63, 3.8) is 0 Å². The third kappa shape index (κ3) is 106. The molecular formula is C10H29ClN3Na7O16P4. The molecule has 0 aromatic heterocycles. The Hall–Kier alpha value is 7.61. The Morgan fingerprint density at radius 1 is 0.683 bits per heavy atom. The van der Waals surface area contributed by atoms with Crippen molar-refractivity contribution in [2.75, 3.05) is 63.9 Å². The van der Waals surface area contributed by atoms with Gasteiger partial charge in [-0.25, -0.2) is 0 Å². The molecule has 0 heterocycles. The first-order chi connectivity index (χ1) is 14.7. The van der Waals surface area contributed by atoms with Crippen LogP contribution in [0.25, 0.3) is 0 Å². The number of nitrogens with two attached hydrogens (primary N) is 1. The van der Waals surface area contributed by atoms with E-state index in [1.165, 1.54) is 0 Å². The van der Waals surface area contributed by atoms with Gasteiger partial charge in [0, 0.05) is 38.5 Å². The molecule has 0 saturated carbocycles. The zero-order chi connectivity index (χ0) is 27.4. The largest absolute Gasteiger partial charge is 1.00 e. The van der Waals surface area contributed by atoms with Crippen molar-refractivity contribution in [3.05, 3.63) is 0 Å². The minimum absolute atomic E-state index is 0. The second kappa shape index (κ2) is 49.7. The van der Waals surface area contributed by atoms with Crippen molar-refractivity contribution in [1.82, 2.24) is 10.2 Å². The summed E-state index contributed by atoms with van der Waals surface area (Å²) in [7, 11) is -18.1. The molecule has 0 aromatic carbocycles. The van der Waals surface area contributed by atoms with Crippen LogP contribution < -0.4 is 247 Å². The van der Waals surface area contributed by atoms with Gasteiger partial charge in [0.1, 0.15) is 5.62 Å². The first-order valence-electron chi connectivity index (χ1n) is 8.27. The predicted molar refractivity (Wildman–Crippen MR) is 107 cm³/mol. The van der Waals surface area contributed by atoms with Crippen LogP contribution in [0.4, 0.5) is 0 Å². The molecule has 0 atom stereocenters. The van der Waals surface area contributed by atoms with E-state index in [2.05, 4.69) is 5.32 Å². The molecule has 0 aromatic rings. The Labute approximate surface area is 399 Å². The SMILES string of the molecule is NCCO.O=P(O)(O)CCl.O=P([O-])([O-])CN(CCO)CP(=O)([O-])[O-].O=P([O-])([O-])CNCCO.[Na+].[Na+].[Na+].[Na+].[Na+].[Na+].[Na+].[OH-]. The Balaban J connectivity index is -0.0000000277. The number of hydrogen-bond donors (Lipinski definition) is 7. The van der Waals surface area contributed by atoms with Crippen LogP contribution in [-0.4, -0.2) is 99.4 Å². The molecule has 0 fully saturated rings. The van der Waals surface area contributed by atoms with Crippen LogP contribution in [0, 0.1) is 0 Å². The molecule has 9 N–H and O–H groups in total. The summed E-state index contributed by atoms with van der Waals surface area (Å²) in [5, 5.41) is 26.5. The number of alkyl halides is 1. The molecule has 41 heavy (non-hydrogen) atoms. The van der Waals surface area contributed by atoms with Crippen LogP contribution in [0.5, 0.6) is 0 Å². The molecule has 0 rings (SSSR count). The van der Waals surface area contributed by atoms with Gasteiger partial charge in [-0.05, 0) is 0 Å². The molecule has 0 radical (unpaired) electrons.